The third-order valence-electron chi connectivity index (χ3n) is 3.33. The maximum absolute atomic E-state index is 12.2. The SMILES string of the molecule is COc1cc(OC)c(NC(=O)CSc2nnc(-c3cc(C)on3)o2)cc1Cl. The van der Waals surface area contributed by atoms with Crippen molar-refractivity contribution in [1.29, 1.82) is 0 Å². The smallest absolute Gasteiger partial charge is 0.277 e. The molecule has 0 bridgehead atoms. The average molecular weight is 411 g/mol. The van der Waals surface area contributed by atoms with Crippen molar-refractivity contribution < 1.29 is 23.2 Å². The second-order valence-electron chi connectivity index (χ2n) is 5.22. The van der Waals surface area contributed by atoms with Gasteiger partial charge in [-0.1, -0.05) is 28.5 Å². The number of nitrogens with one attached hydrogen (secondary N) is 1. The van der Waals surface area contributed by atoms with Gasteiger partial charge in [-0.3, -0.25) is 4.79 Å². The summed E-state index contributed by atoms with van der Waals surface area (Å²) in [7, 11) is 2.98. The number of hydrogen-bond acceptors (Lipinski definition) is 9. The van der Waals surface area contributed by atoms with Crippen LogP contribution in [0, 0.1) is 6.92 Å². The largest absolute Gasteiger partial charge is 0.495 e. The molecule has 0 radical (unpaired) electrons. The molecule has 27 heavy (non-hydrogen) atoms. The van der Waals surface area contributed by atoms with E-state index in [-0.39, 0.29) is 22.8 Å². The third-order valence-corrected chi connectivity index (χ3v) is 4.44. The van der Waals surface area contributed by atoms with Crippen LogP contribution in [0.15, 0.2) is 32.4 Å². The van der Waals surface area contributed by atoms with Crippen LogP contribution >= 0.6 is 23.4 Å². The first-order valence-corrected chi connectivity index (χ1v) is 8.98. The van der Waals surface area contributed by atoms with Crippen molar-refractivity contribution in [3.63, 3.8) is 0 Å². The van der Waals surface area contributed by atoms with E-state index in [9.17, 15) is 4.79 Å². The molecule has 3 aromatic rings. The number of thioether (sulfide) groups is 1. The third kappa shape index (κ3) is 4.52. The first-order chi connectivity index (χ1) is 13.0. The molecule has 0 unspecified atom stereocenters. The second kappa shape index (κ2) is 8.31. The van der Waals surface area contributed by atoms with Gasteiger partial charge >= 0.3 is 0 Å². The lowest BCUT2D eigenvalue weighted by molar-refractivity contribution is -0.113. The Morgan fingerprint density at radius 1 is 1.22 bits per heavy atom. The molecule has 3 rings (SSSR count). The first-order valence-electron chi connectivity index (χ1n) is 7.61. The summed E-state index contributed by atoms with van der Waals surface area (Å²) in [5.74, 6) is 1.48. The fourth-order valence-electron chi connectivity index (χ4n) is 2.11. The van der Waals surface area contributed by atoms with Crippen LogP contribution in [0.25, 0.3) is 11.6 Å². The van der Waals surface area contributed by atoms with Gasteiger partial charge in [-0.05, 0) is 13.0 Å². The molecule has 9 nitrogen and oxygen atoms in total. The number of carbonyl (C=O) groups excluding carboxylic acids is 1. The average Bonchev–Trinajstić information content (AvgIpc) is 3.29. The standard InChI is InChI=1S/C16H15ClN4O5S/c1-8-4-11(21-26-8)15-19-20-16(25-15)27-7-14(22)18-10-5-9(17)12(23-2)6-13(10)24-3/h4-6H,7H2,1-3H3,(H,18,22). The zero-order valence-electron chi connectivity index (χ0n) is 14.6. The number of nitrogens with zero attached hydrogens (tertiary/aromatic N) is 3. The number of methoxy groups -OCH3 is 2. The summed E-state index contributed by atoms with van der Waals surface area (Å²) in [5, 5.41) is 14.9. The first kappa shape index (κ1) is 19.1. The number of carbonyl (C=O) groups is 1. The molecule has 0 spiro atoms. The number of halogens is 1. The van der Waals surface area contributed by atoms with Crippen LogP contribution in [0.1, 0.15) is 5.76 Å². The monoisotopic (exact) mass is 410 g/mol. The summed E-state index contributed by atoms with van der Waals surface area (Å²) in [6.07, 6.45) is 0. The highest BCUT2D eigenvalue weighted by molar-refractivity contribution is 7.99. The van der Waals surface area contributed by atoms with Crippen molar-refractivity contribution in [3.8, 4) is 23.1 Å². The van der Waals surface area contributed by atoms with E-state index >= 15 is 0 Å². The van der Waals surface area contributed by atoms with Crippen LogP contribution in [0.4, 0.5) is 5.69 Å². The Kier molecular flexibility index (Phi) is 5.87. The molecule has 0 aliphatic carbocycles. The van der Waals surface area contributed by atoms with Crippen LogP contribution in [0.3, 0.4) is 0 Å². The van der Waals surface area contributed by atoms with E-state index in [2.05, 4.69) is 20.7 Å². The lowest BCUT2D eigenvalue weighted by Gasteiger charge is -2.12. The molecule has 0 saturated carbocycles. The Balaban J connectivity index is 1.62. The van der Waals surface area contributed by atoms with E-state index < -0.39 is 0 Å². The predicted molar refractivity (Wildman–Crippen MR) is 98.4 cm³/mol. The molecule has 11 heteroatoms. The molecule has 1 amide bonds. The van der Waals surface area contributed by atoms with Gasteiger partial charge in [0, 0.05) is 12.1 Å². The topological polar surface area (TPSA) is 113 Å². The van der Waals surface area contributed by atoms with Gasteiger partial charge in [-0.25, -0.2) is 0 Å². The fourth-order valence-corrected chi connectivity index (χ4v) is 2.91. The van der Waals surface area contributed by atoms with E-state index in [0.29, 0.717) is 33.7 Å². The zero-order chi connectivity index (χ0) is 19.4. The number of ether oxygens (including phenoxy) is 2. The Bertz CT molecular complexity index is 958. The van der Waals surface area contributed by atoms with Crippen molar-refractivity contribution in [3.05, 3.63) is 29.0 Å². The van der Waals surface area contributed by atoms with Gasteiger partial charge in [0.1, 0.15) is 17.3 Å². The molecule has 2 aromatic heterocycles. The minimum absolute atomic E-state index is 0.0479. The fraction of sp³-hybridized carbons (Fsp3) is 0.250. The van der Waals surface area contributed by atoms with Gasteiger partial charge in [0.05, 0.1) is 30.7 Å². The molecule has 0 atom stereocenters. The van der Waals surface area contributed by atoms with Crippen molar-refractivity contribution in [1.82, 2.24) is 15.4 Å². The van der Waals surface area contributed by atoms with Crippen LogP contribution in [0.5, 0.6) is 11.5 Å². The van der Waals surface area contributed by atoms with E-state index in [0.717, 1.165) is 11.8 Å². The molecule has 0 aliphatic heterocycles. The number of anilines is 1. The number of aryl methyl sites for hydroxylation is 1. The highest BCUT2D eigenvalue weighted by Gasteiger charge is 2.16. The maximum Gasteiger partial charge on any atom is 0.277 e. The lowest BCUT2D eigenvalue weighted by Crippen LogP contribution is -2.14. The molecule has 1 N–H and O–H groups in total. The summed E-state index contributed by atoms with van der Waals surface area (Å²) in [5.41, 5.74) is 0.868. The van der Waals surface area contributed by atoms with Gasteiger partial charge in [-0.2, -0.15) is 0 Å². The van der Waals surface area contributed by atoms with Crippen molar-refractivity contribution in [2.24, 2.45) is 0 Å². The number of hydrogen-bond donors (Lipinski definition) is 1. The molecule has 0 aliphatic rings. The quantitative estimate of drug-likeness (QED) is 0.585. The van der Waals surface area contributed by atoms with E-state index in [1.54, 1.807) is 25.1 Å². The van der Waals surface area contributed by atoms with Crippen molar-refractivity contribution in [2.45, 2.75) is 12.1 Å². The summed E-state index contributed by atoms with van der Waals surface area (Å²) >= 11 is 7.18. The molecule has 0 saturated heterocycles. The van der Waals surface area contributed by atoms with Gasteiger partial charge in [0.25, 0.3) is 11.1 Å². The van der Waals surface area contributed by atoms with Gasteiger partial charge in [0.15, 0.2) is 5.69 Å². The summed E-state index contributed by atoms with van der Waals surface area (Å²) in [4.78, 5) is 12.2. The molecule has 1 aromatic carbocycles. The molecular formula is C16H15ClN4O5S. The summed E-state index contributed by atoms with van der Waals surface area (Å²) in [6.45, 7) is 1.76. The van der Waals surface area contributed by atoms with Gasteiger partial charge in [0.2, 0.25) is 5.91 Å². The Morgan fingerprint density at radius 2 is 2.00 bits per heavy atom. The summed E-state index contributed by atoms with van der Waals surface area (Å²) < 4.78 is 20.8. The molecule has 0 fully saturated rings. The van der Waals surface area contributed by atoms with Crippen LogP contribution < -0.4 is 14.8 Å². The number of aromatic nitrogens is 3. The zero-order valence-corrected chi connectivity index (χ0v) is 16.2. The molecular weight excluding hydrogens is 396 g/mol. The normalized spacial score (nSPS) is 10.7. The predicted octanol–water partition coefficient (Wildman–Crippen LogP) is 3.43. The second-order valence-corrected chi connectivity index (χ2v) is 6.55. The molecule has 142 valence electrons. The summed E-state index contributed by atoms with van der Waals surface area (Å²) in [6, 6.07) is 4.82. The highest BCUT2D eigenvalue weighted by atomic mass is 35.5. The van der Waals surface area contributed by atoms with Crippen molar-refractivity contribution in [2.75, 3.05) is 25.3 Å². The highest BCUT2D eigenvalue weighted by Crippen LogP contribution is 2.36. The lowest BCUT2D eigenvalue weighted by atomic mass is 10.2. The van der Waals surface area contributed by atoms with Gasteiger partial charge < -0.3 is 23.7 Å². The van der Waals surface area contributed by atoms with E-state index in [1.165, 1.54) is 14.2 Å². The minimum Gasteiger partial charge on any atom is -0.495 e. The van der Waals surface area contributed by atoms with Crippen LogP contribution in [-0.4, -0.2) is 41.2 Å². The van der Waals surface area contributed by atoms with Crippen molar-refractivity contribution >= 4 is 35.0 Å². The number of rotatable bonds is 7. The number of amides is 1. The Labute approximate surface area is 163 Å². The van der Waals surface area contributed by atoms with Crippen LogP contribution in [0.2, 0.25) is 5.02 Å². The number of benzene rings is 1. The van der Waals surface area contributed by atoms with E-state index in [4.69, 9.17) is 30.0 Å². The Morgan fingerprint density at radius 3 is 2.67 bits per heavy atom. The van der Waals surface area contributed by atoms with Gasteiger partial charge in [-0.15, -0.1) is 10.2 Å². The maximum atomic E-state index is 12.2. The molecule has 2 heterocycles. The minimum atomic E-state index is -0.295. The van der Waals surface area contributed by atoms with E-state index in [1.807, 2.05) is 0 Å². The Hall–Kier alpha value is -2.72. The van der Waals surface area contributed by atoms with Crippen LogP contribution in [-0.2, 0) is 4.79 Å².